The number of nitrogens with one attached hydrogen (secondary N) is 2. The molecule has 7 nitrogen and oxygen atoms in total. The molecule has 0 aromatic heterocycles. The Kier molecular flexibility index (Phi) is 4.18. The largest absolute Gasteiger partial charge is 0.325 e. The molecule has 0 radical (unpaired) electrons. The molecular weight excluding hydrogens is 396 g/mol. The van der Waals surface area contributed by atoms with Gasteiger partial charge in [-0.2, -0.15) is 5.01 Å². The van der Waals surface area contributed by atoms with Crippen LogP contribution in [0, 0.1) is 0 Å². The number of benzene rings is 1. The van der Waals surface area contributed by atoms with Gasteiger partial charge >= 0.3 is 0 Å². The summed E-state index contributed by atoms with van der Waals surface area (Å²) in [6.45, 7) is 3.30. The van der Waals surface area contributed by atoms with E-state index < -0.39 is 11.6 Å². The summed E-state index contributed by atoms with van der Waals surface area (Å²) in [5.41, 5.74) is -0.466. The van der Waals surface area contributed by atoms with Crippen LogP contribution in [0.2, 0.25) is 0 Å². The lowest BCUT2D eigenvalue weighted by molar-refractivity contribution is -0.154. The molecule has 2 fully saturated rings. The topological polar surface area (TPSA) is 81.8 Å². The number of rotatable bonds is 2. The van der Waals surface area contributed by atoms with Crippen molar-refractivity contribution in [2.45, 2.75) is 31.8 Å². The first-order chi connectivity index (χ1) is 11.2. The zero-order valence-electron chi connectivity index (χ0n) is 13.0. The number of fused-ring (bicyclic) bond motifs is 1. The first-order valence-corrected chi connectivity index (χ1v) is 8.46. The van der Waals surface area contributed by atoms with Crippen LogP contribution >= 0.6 is 28.1 Å². The molecule has 1 aromatic carbocycles. The zero-order valence-corrected chi connectivity index (χ0v) is 15.4. The van der Waals surface area contributed by atoms with Gasteiger partial charge < -0.3 is 5.32 Å². The second kappa shape index (κ2) is 5.91. The summed E-state index contributed by atoms with van der Waals surface area (Å²) < 4.78 is 0.891. The van der Waals surface area contributed by atoms with Gasteiger partial charge in [-0.1, -0.05) is 15.9 Å². The van der Waals surface area contributed by atoms with Gasteiger partial charge in [0, 0.05) is 10.2 Å². The van der Waals surface area contributed by atoms with Gasteiger partial charge in [0.2, 0.25) is 17.7 Å². The lowest BCUT2D eigenvalue weighted by atomic mass is 10.00. The summed E-state index contributed by atoms with van der Waals surface area (Å²) in [5.74, 6) is -1.03. The Morgan fingerprint density at radius 2 is 1.96 bits per heavy atom. The van der Waals surface area contributed by atoms with E-state index >= 15 is 0 Å². The number of carbonyl (C=O) groups is 3. The van der Waals surface area contributed by atoms with Crippen LogP contribution in [0.25, 0.3) is 0 Å². The fourth-order valence-electron chi connectivity index (χ4n) is 2.82. The third-order valence-corrected chi connectivity index (χ3v) is 4.87. The minimum absolute atomic E-state index is 0.00302. The number of amides is 3. The molecule has 0 spiro atoms. The van der Waals surface area contributed by atoms with Crippen LogP contribution < -0.4 is 10.6 Å². The normalized spacial score (nSPS) is 23.0. The van der Waals surface area contributed by atoms with Crippen LogP contribution in [0.3, 0.4) is 0 Å². The SMILES string of the molecule is CC1(C)C(=O)NC(=S)N2C(=O)C[C@H](C(=O)Nc3ccc(Br)cc3)N21. The number of hydrogen-bond donors (Lipinski definition) is 2. The maximum absolute atomic E-state index is 12.7. The Morgan fingerprint density at radius 1 is 1.33 bits per heavy atom. The summed E-state index contributed by atoms with van der Waals surface area (Å²) in [4.78, 5) is 37.2. The molecule has 3 amide bonds. The second-order valence-electron chi connectivity index (χ2n) is 6.08. The second-order valence-corrected chi connectivity index (χ2v) is 7.39. The molecule has 0 aliphatic carbocycles. The number of nitrogens with zero attached hydrogens (tertiary/aromatic N) is 2. The molecular formula is C15H15BrN4O3S. The van der Waals surface area contributed by atoms with Crippen LogP contribution in [0.15, 0.2) is 28.7 Å². The van der Waals surface area contributed by atoms with E-state index in [4.69, 9.17) is 12.2 Å². The highest BCUT2D eigenvalue weighted by atomic mass is 79.9. The molecule has 0 unspecified atom stereocenters. The molecule has 3 rings (SSSR count). The number of thiocarbonyl (C=S) groups is 1. The maximum Gasteiger partial charge on any atom is 0.248 e. The van der Waals surface area contributed by atoms with Gasteiger partial charge in [-0.05, 0) is 50.3 Å². The lowest BCUT2D eigenvalue weighted by Crippen LogP contribution is -2.71. The van der Waals surface area contributed by atoms with Crippen molar-refractivity contribution in [3.63, 3.8) is 0 Å². The molecule has 0 saturated carbocycles. The Morgan fingerprint density at radius 3 is 2.58 bits per heavy atom. The Bertz CT molecular complexity index is 750. The highest BCUT2D eigenvalue weighted by Crippen LogP contribution is 2.33. The number of anilines is 1. The van der Waals surface area contributed by atoms with Gasteiger partial charge in [0.1, 0.15) is 11.6 Å². The predicted octanol–water partition coefficient (Wildman–Crippen LogP) is 1.40. The summed E-state index contributed by atoms with van der Waals surface area (Å²) in [6, 6.07) is 6.29. The molecule has 2 saturated heterocycles. The molecule has 1 aromatic rings. The van der Waals surface area contributed by atoms with E-state index in [2.05, 4.69) is 26.6 Å². The maximum atomic E-state index is 12.7. The summed E-state index contributed by atoms with van der Waals surface area (Å²) in [6.07, 6.45) is -0.0408. The van der Waals surface area contributed by atoms with Crippen molar-refractivity contribution in [1.29, 1.82) is 0 Å². The minimum atomic E-state index is -1.07. The van der Waals surface area contributed by atoms with Crippen molar-refractivity contribution in [3.05, 3.63) is 28.7 Å². The smallest absolute Gasteiger partial charge is 0.248 e. The van der Waals surface area contributed by atoms with E-state index in [0.717, 1.165) is 4.47 Å². The molecule has 24 heavy (non-hydrogen) atoms. The molecule has 126 valence electrons. The average molecular weight is 411 g/mol. The van der Waals surface area contributed by atoms with E-state index in [9.17, 15) is 14.4 Å². The summed E-state index contributed by atoms with van der Waals surface area (Å²) in [7, 11) is 0. The molecule has 0 bridgehead atoms. The third-order valence-electron chi connectivity index (χ3n) is 4.07. The van der Waals surface area contributed by atoms with E-state index in [-0.39, 0.29) is 29.3 Å². The van der Waals surface area contributed by atoms with Gasteiger partial charge in [-0.25, -0.2) is 5.01 Å². The average Bonchev–Trinajstić information content (AvgIpc) is 2.87. The fourth-order valence-corrected chi connectivity index (χ4v) is 3.37. The van der Waals surface area contributed by atoms with E-state index in [0.29, 0.717) is 5.69 Å². The van der Waals surface area contributed by atoms with Gasteiger partial charge in [-0.15, -0.1) is 0 Å². The van der Waals surface area contributed by atoms with Crippen molar-refractivity contribution in [3.8, 4) is 0 Å². The van der Waals surface area contributed by atoms with Crippen molar-refractivity contribution in [1.82, 2.24) is 15.3 Å². The van der Waals surface area contributed by atoms with Gasteiger partial charge in [0.25, 0.3) is 0 Å². The van der Waals surface area contributed by atoms with E-state index in [1.807, 2.05) is 0 Å². The van der Waals surface area contributed by atoms with E-state index in [1.165, 1.54) is 10.0 Å². The van der Waals surface area contributed by atoms with Crippen LogP contribution in [0.4, 0.5) is 5.69 Å². The molecule has 1 atom stereocenters. The quantitative estimate of drug-likeness (QED) is 0.720. The van der Waals surface area contributed by atoms with E-state index in [1.54, 1.807) is 38.1 Å². The highest BCUT2D eigenvalue weighted by Gasteiger charge is 2.56. The molecule has 2 heterocycles. The standard InChI is InChI=1S/C15H15BrN4O3S/c1-15(2)13(23)18-14(24)19-11(21)7-10(20(15)19)12(22)17-9-5-3-8(16)4-6-9/h3-6,10H,7H2,1-2H3,(H,17,22)(H,18,23,24)/t10-/m1/s1. The minimum Gasteiger partial charge on any atom is -0.325 e. The Hall–Kier alpha value is -1.84. The lowest BCUT2D eigenvalue weighted by Gasteiger charge is -2.45. The van der Waals surface area contributed by atoms with Crippen LogP contribution in [0.1, 0.15) is 20.3 Å². The van der Waals surface area contributed by atoms with Crippen molar-refractivity contribution < 1.29 is 14.4 Å². The number of hydrazine groups is 1. The van der Waals surface area contributed by atoms with Crippen molar-refractivity contribution >= 4 is 56.7 Å². The number of halogens is 1. The Balaban J connectivity index is 1.88. The van der Waals surface area contributed by atoms with Crippen molar-refractivity contribution in [2.24, 2.45) is 0 Å². The van der Waals surface area contributed by atoms with Crippen LogP contribution in [-0.2, 0) is 14.4 Å². The monoisotopic (exact) mass is 410 g/mol. The molecule has 9 heteroatoms. The molecule has 2 N–H and O–H groups in total. The fraction of sp³-hybridized carbons (Fsp3) is 0.333. The van der Waals surface area contributed by atoms with Crippen molar-refractivity contribution in [2.75, 3.05) is 5.32 Å². The highest BCUT2D eigenvalue weighted by molar-refractivity contribution is 9.10. The first-order valence-electron chi connectivity index (χ1n) is 7.26. The number of carbonyl (C=O) groups excluding carboxylic acids is 3. The predicted molar refractivity (Wildman–Crippen MR) is 94.7 cm³/mol. The van der Waals surface area contributed by atoms with Crippen LogP contribution in [0.5, 0.6) is 0 Å². The first kappa shape index (κ1) is 17.0. The van der Waals surface area contributed by atoms with Crippen LogP contribution in [-0.4, -0.2) is 44.4 Å². The molecule has 2 aliphatic rings. The zero-order chi connectivity index (χ0) is 17.6. The van der Waals surface area contributed by atoms with Gasteiger partial charge in [-0.3, -0.25) is 19.7 Å². The summed E-state index contributed by atoms with van der Waals surface area (Å²) >= 11 is 8.41. The third kappa shape index (κ3) is 2.72. The summed E-state index contributed by atoms with van der Waals surface area (Å²) in [5, 5.41) is 7.96. The Labute approximate surface area is 152 Å². The van der Waals surface area contributed by atoms with Gasteiger partial charge in [0.05, 0.1) is 6.42 Å². The van der Waals surface area contributed by atoms with Gasteiger partial charge in [0.15, 0.2) is 5.11 Å². The number of hydrogen-bond acceptors (Lipinski definition) is 5. The molecule has 2 aliphatic heterocycles.